The summed E-state index contributed by atoms with van der Waals surface area (Å²) in [6, 6.07) is 9.11. The van der Waals surface area contributed by atoms with Crippen molar-refractivity contribution >= 4 is 17.5 Å². The predicted octanol–water partition coefficient (Wildman–Crippen LogP) is 0.733. The molecule has 0 aliphatic rings. The van der Waals surface area contributed by atoms with Crippen molar-refractivity contribution in [2.75, 3.05) is 11.9 Å². The highest BCUT2D eigenvalue weighted by Gasteiger charge is 2.10. The topological polar surface area (TPSA) is 102 Å². The van der Waals surface area contributed by atoms with Crippen molar-refractivity contribution in [2.24, 2.45) is 11.7 Å². The van der Waals surface area contributed by atoms with E-state index in [2.05, 4.69) is 15.7 Å². The van der Waals surface area contributed by atoms with Crippen LogP contribution in [0, 0.1) is 5.92 Å². The highest BCUT2D eigenvalue weighted by molar-refractivity contribution is 5.90. The summed E-state index contributed by atoms with van der Waals surface area (Å²) in [6.07, 6.45) is 3.35. The molecule has 0 saturated heterocycles. The third-order valence-corrected chi connectivity index (χ3v) is 3.34. The number of nitrogens with zero attached hydrogens (tertiary/aromatic N) is 2. The second kappa shape index (κ2) is 8.09. The molecule has 122 valence electrons. The van der Waals surface area contributed by atoms with Crippen LogP contribution in [0.2, 0.25) is 0 Å². The maximum absolute atomic E-state index is 11.9. The third-order valence-electron chi connectivity index (χ3n) is 3.34. The first kappa shape index (κ1) is 16.7. The Labute approximate surface area is 134 Å². The van der Waals surface area contributed by atoms with Crippen molar-refractivity contribution in [1.29, 1.82) is 0 Å². The zero-order chi connectivity index (χ0) is 16.7. The molecule has 0 fully saturated rings. The van der Waals surface area contributed by atoms with Crippen molar-refractivity contribution in [3.05, 3.63) is 48.3 Å². The first-order chi connectivity index (χ1) is 11.1. The number of amides is 2. The summed E-state index contributed by atoms with van der Waals surface area (Å²) in [5.41, 5.74) is 7.04. The van der Waals surface area contributed by atoms with Gasteiger partial charge >= 0.3 is 0 Å². The molecule has 0 aliphatic carbocycles. The van der Waals surface area contributed by atoms with Crippen LogP contribution in [-0.4, -0.2) is 28.1 Å². The molecule has 1 aromatic heterocycles. The Morgan fingerprint density at radius 3 is 2.87 bits per heavy atom. The molecule has 0 bridgehead atoms. The van der Waals surface area contributed by atoms with Gasteiger partial charge in [-0.3, -0.25) is 14.3 Å². The number of benzene rings is 1. The van der Waals surface area contributed by atoms with E-state index in [1.807, 2.05) is 18.2 Å². The minimum absolute atomic E-state index is 0.0828. The average molecular weight is 315 g/mol. The van der Waals surface area contributed by atoms with Gasteiger partial charge in [0.1, 0.15) is 6.54 Å². The molecule has 7 heteroatoms. The quantitative estimate of drug-likeness (QED) is 0.701. The van der Waals surface area contributed by atoms with Crippen LogP contribution in [0.3, 0.4) is 0 Å². The normalized spacial score (nSPS) is 11.7. The van der Waals surface area contributed by atoms with Gasteiger partial charge in [0.25, 0.3) is 0 Å². The second-order valence-corrected chi connectivity index (χ2v) is 5.31. The van der Waals surface area contributed by atoms with E-state index in [1.54, 1.807) is 36.1 Å². The minimum Gasteiger partial charge on any atom is -0.352 e. The number of rotatable bonds is 7. The highest BCUT2D eigenvalue weighted by Crippen LogP contribution is 2.11. The summed E-state index contributed by atoms with van der Waals surface area (Å²) in [4.78, 5) is 23.6. The zero-order valence-electron chi connectivity index (χ0n) is 13.0. The van der Waals surface area contributed by atoms with E-state index in [0.717, 1.165) is 5.56 Å². The largest absolute Gasteiger partial charge is 0.352 e. The first-order valence-corrected chi connectivity index (χ1v) is 7.42. The standard InChI is InChI=1S/C16H21N5O2/c1-12(9-17)16(23)18-10-13-4-2-5-14(8-13)20-15(22)11-21-7-3-6-19-21/h2-8,12H,9-11,17H2,1H3,(H,18,23)(H,20,22). The Bertz CT molecular complexity index is 654. The fraction of sp³-hybridized carbons (Fsp3) is 0.312. The van der Waals surface area contributed by atoms with E-state index in [1.165, 1.54) is 0 Å². The molecule has 4 N–H and O–H groups in total. The van der Waals surface area contributed by atoms with Gasteiger partial charge in [0, 0.05) is 37.1 Å². The van der Waals surface area contributed by atoms with Crippen LogP contribution in [-0.2, 0) is 22.7 Å². The fourth-order valence-corrected chi connectivity index (χ4v) is 1.97. The van der Waals surface area contributed by atoms with Gasteiger partial charge in [-0.25, -0.2) is 0 Å². The lowest BCUT2D eigenvalue weighted by Gasteiger charge is -2.11. The second-order valence-electron chi connectivity index (χ2n) is 5.31. The van der Waals surface area contributed by atoms with Gasteiger partial charge in [0.05, 0.1) is 0 Å². The lowest BCUT2D eigenvalue weighted by Crippen LogP contribution is -2.32. The third kappa shape index (κ3) is 5.23. The van der Waals surface area contributed by atoms with Crippen LogP contribution >= 0.6 is 0 Å². The Kier molecular flexibility index (Phi) is 5.87. The van der Waals surface area contributed by atoms with Gasteiger partial charge < -0.3 is 16.4 Å². The van der Waals surface area contributed by atoms with E-state index in [9.17, 15) is 9.59 Å². The van der Waals surface area contributed by atoms with Crippen LogP contribution in [0.15, 0.2) is 42.7 Å². The molecular weight excluding hydrogens is 294 g/mol. The Morgan fingerprint density at radius 1 is 1.35 bits per heavy atom. The van der Waals surface area contributed by atoms with Crippen LogP contribution in [0.1, 0.15) is 12.5 Å². The molecule has 2 rings (SSSR count). The van der Waals surface area contributed by atoms with Gasteiger partial charge in [0.2, 0.25) is 11.8 Å². The number of carbonyl (C=O) groups is 2. The summed E-state index contributed by atoms with van der Waals surface area (Å²) in [5, 5.41) is 9.62. The molecule has 0 saturated carbocycles. The van der Waals surface area contributed by atoms with Crippen LogP contribution in [0.25, 0.3) is 0 Å². The molecule has 2 amide bonds. The van der Waals surface area contributed by atoms with Crippen molar-refractivity contribution in [3.63, 3.8) is 0 Å². The van der Waals surface area contributed by atoms with E-state index < -0.39 is 0 Å². The van der Waals surface area contributed by atoms with Crippen LogP contribution in [0.5, 0.6) is 0 Å². The summed E-state index contributed by atoms with van der Waals surface area (Å²) in [6.45, 7) is 2.64. The Hall–Kier alpha value is -2.67. The minimum atomic E-state index is -0.216. The van der Waals surface area contributed by atoms with Gasteiger partial charge in [-0.2, -0.15) is 5.10 Å². The lowest BCUT2D eigenvalue weighted by molar-refractivity contribution is -0.124. The smallest absolute Gasteiger partial charge is 0.246 e. The maximum Gasteiger partial charge on any atom is 0.246 e. The molecule has 1 unspecified atom stereocenters. The monoisotopic (exact) mass is 315 g/mol. The van der Waals surface area contributed by atoms with Crippen molar-refractivity contribution in [1.82, 2.24) is 15.1 Å². The number of aromatic nitrogens is 2. The number of hydrogen-bond donors (Lipinski definition) is 3. The summed E-state index contributed by atoms with van der Waals surface area (Å²) >= 11 is 0. The maximum atomic E-state index is 11.9. The molecule has 23 heavy (non-hydrogen) atoms. The molecule has 1 aromatic carbocycles. The van der Waals surface area contributed by atoms with Crippen molar-refractivity contribution in [2.45, 2.75) is 20.0 Å². The fourth-order valence-electron chi connectivity index (χ4n) is 1.97. The molecule has 1 heterocycles. The summed E-state index contributed by atoms with van der Waals surface area (Å²) in [5.74, 6) is -0.459. The average Bonchev–Trinajstić information content (AvgIpc) is 3.04. The first-order valence-electron chi connectivity index (χ1n) is 7.42. The number of nitrogens with two attached hydrogens (primary N) is 1. The van der Waals surface area contributed by atoms with Crippen molar-refractivity contribution < 1.29 is 9.59 Å². The van der Waals surface area contributed by atoms with Crippen molar-refractivity contribution in [3.8, 4) is 0 Å². The Balaban J connectivity index is 1.89. The predicted molar refractivity (Wildman–Crippen MR) is 87.4 cm³/mol. The van der Waals surface area contributed by atoms with E-state index in [4.69, 9.17) is 5.73 Å². The highest BCUT2D eigenvalue weighted by atomic mass is 16.2. The van der Waals surface area contributed by atoms with E-state index >= 15 is 0 Å². The SMILES string of the molecule is CC(CN)C(=O)NCc1cccc(NC(=O)Cn2cccn2)c1. The molecule has 1 atom stereocenters. The molecular formula is C16H21N5O2. The summed E-state index contributed by atoms with van der Waals surface area (Å²) in [7, 11) is 0. The molecule has 0 radical (unpaired) electrons. The number of nitrogens with one attached hydrogen (secondary N) is 2. The van der Waals surface area contributed by atoms with Gasteiger partial charge in [-0.05, 0) is 23.8 Å². The molecule has 7 nitrogen and oxygen atoms in total. The van der Waals surface area contributed by atoms with Gasteiger partial charge in [0.15, 0.2) is 0 Å². The van der Waals surface area contributed by atoms with E-state index in [-0.39, 0.29) is 24.3 Å². The summed E-state index contributed by atoms with van der Waals surface area (Å²) < 4.78 is 1.55. The van der Waals surface area contributed by atoms with Gasteiger partial charge in [-0.1, -0.05) is 19.1 Å². The van der Waals surface area contributed by atoms with Crippen LogP contribution in [0.4, 0.5) is 5.69 Å². The van der Waals surface area contributed by atoms with Crippen LogP contribution < -0.4 is 16.4 Å². The van der Waals surface area contributed by atoms with E-state index in [0.29, 0.717) is 18.8 Å². The number of carbonyl (C=O) groups excluding carboxylic acids is 2. The molecule has 0 aliphatic heterocycles. The number of anilines is 1. The molecule has 2 aromatic rings. The van der Waals surface area contributed by atoms with Gasteiger partial charge in [-0.15, -0.1) is 0 Å². The Morgan fingerprint density at radius 2 is 2.17 bits per heavy atom. The zero-order valence-corrected chi connectivity index (χ0v) is 13.0. The number of hydrogen-bond acceptors (Lipinski definition) is 4. The lowest BCUT2D eigenvalue weighted by atomic mass is 10.1. The molecule has 0 spiro atoms.